The van der Waals surface area contributed by atoms with Gasteiger partial charge in [0.1, 0.15) is 11.2 Å². The molecule has 6 nitrogen and oxygen atoms in total. The van der Waals surface area contributed by atoms with Crippen LogP contribution in [0.5, 0.6) is 0 Å². The number of aromatic amines is 2. The minimum Gasteiger partial charge on any atom is -0.454 e. The van der Waals surface area contributed by atoms with Gasteiger partial charge in [0, 0.05) is 17.5 Å². The van der Waals surface area contributed by atoms with Crippen molar-refractivity contribution in [3.63, 3.8) is 0 Å². The van der Waals surface area contributed by atoms with E-state index in [1.165, 1.54) is 12.1 Å². The third kappa shape index (κ3) is 1.59. The van der Waals surface area contributed by atoms with Gasteiger partial charge in [-0.1, -0.05) is 0 Å². The van der Waals surface area contributed by atoms with Crippen LogP contribution in [0.15, 0.2) is 38.3 Å². The number of aromatic nitrogens is 3. The van der Waals surface area contributed by atoms with Crippen LogP contribution in [0.4, 0.5) is 0 Å². The van der Waals surface area contributed by atoms with Crippen LogP contribution in [0.2, 0.25) is 0 Å². The zero-order chi connectivity index (χ0) is 14.7. The van der Waals surface area contributed by atoms with E-state index in [1.807, 2.05) is 13.8 Å². The molecule has 0 unspecified atom stereocenters. The second-order valence-corrected chi connectivity index (χ2v) is 5.44. The molecular formula is C15H13N3O3. The van der Waals surface area contributed by atoms with Gasteiger partial charge < -0.3 is 9.40 Å². The van der Waals surface area contributed by atoms with Crippen molar-refractivity contribution in [3.05, 3.63) is 44.8 Å². The van der Waals surface area contributed by atoms with Crippen molar-refractivity contribution < 1.29 is 4.42 Å². The average molecular weight is 283 g/mol. The number of H-pyrrole nitrogens is 2. The first-order valence-corrected chi connectivity index (χ1v) is 6.74. The summed E-state index contributed by atoms with van der Waals surface area (Å²) in [6, 6.07) is 6.52. The van der Waals surface area contributed by atoms with Crippen molar-refractivity contribution in [2.75, 3.05) is 0 Å². The van der Waals surface area contributed by atoms with Crippen molar-refractivity contribution in [3.8, 4) is 0 Å². The molecule has 0 fully saturated rings. The van der Waals surface area contributed by atoms with Crippen LogP contribution in [0.1, 0.15) is 19.9 Å². The third-order valence-electron chi connectivity index (χ3n) is 3.69. The summed E-state index contributed by atoms with van der Waals surface area (Å²) < 4.78 is 7.46. The van der Waals surface area contributed by atoms with Crippen LogP contribution in [-0.2, 0) is 0 Å². The Balaban J connectivity index is 2.22. The molecule has 6 heteroatoms. The third-order valence-corrected chi connectivity index (χ3v) is 3.69. The van der Waals surface area contributed by atoms with Gasteiger partial charge in [-0.25, -0.2) is 0 Å². The van der Waals surface area contributed by atoms with Crippen molar-refractivity contribution in [1.29, 1.82) is 0 Å². The quantitative estimate of drug-likeness (QED) is 0.563. The highest BCUT2D eigenvalue weighted by molar-refractivity contribution is 6.05. The molecule has 21 heavy (non-hydrogen) atoms. The Hall–Kier alpha value is -2.76. The number of nitrogens with one attached hydrogen (secondary N) is 2. The minimum atomic E-state index is -0.165. The number of benzene rings is 1. The Kier molecular flexibility index (Phi) is 2.22. The van der Waals surface area contributed by atoms with Crippen LogP contribution in [0.3, 0.4) is 0 Å². The number of hydrogen-bond donors (Lipinski definition) is 2. The van der Waals surface area contributed by atoms with Crippen LogP contribution >= 0.6 is 0 Å². The topological polar surface area (TPSA) is 83.8 Å². The lowest BCUT2D eigenvalue weighted by atomic mass is 10.2. The Morgan fingerprint density at radius 3 is 2.67 bits per heavy atom. The zero-order valence-corrected chi connectivity index (χ0v) is 11.6. The second kappa shape index (κ2) is 3.88. The smallest absolute Gasteiger partial charge is 0.273 e. The molecule has 3 aromatic heterocycles. The molecule has 0 aliphatic heterocycles. The summed E-state index contributed by atoms with van der Waals surface area (Å²) >= 11 is 0. The average Bonchev–Trinajstić information content (AvgIpc) is 2.94. The van der Waals surface area contributed by atoms with Gasteiger partial charge in [-0.15, -0.1) is 0 Å². The van der Waals surface area contributed by atoms with Gasteiger partial charge in [-0.3, -0.25) is 19.4 Å². The molecule has 0 aliphatic carbocycles. The first-order chi connectivity index (χ1) is 10.0. The number of pyridine rings is 1. The molecule has 0 amide bonds. The highest BCUT2D eigenvalue weighted by Crippen LogP contribution is 2.28. The van der Waals surface area contributed by atoms with Crippen molar-refractivity contribution in [1.82, 2.24) is 14.8 Å². The fraction of sp³-hybridized carbons (Fsp3) is 0.200. The molecule has 0 saturated heterocycles. The molecule has 0 saturated carbocycles. The van der Waals surface area contributed by atoms with E-state index in [2.05, 4.69) is 10.1 Å². The van der Waals surface area contributed by atoms with Gasteiger partial charge in [-0.05, 0) is 32.0 Å². The molecular weight excluding hydrogens is 270 g/mol. The summed E-state index contributed by atoms with van der Waals surface area (Å²) in [5, 5.41) is 4.18. The molecule has 0 bridgehead atoms. The molecule has 0 aliphatic rings. The first kappa shape index (κ1) is 12.0. The summed E-state index contributed by atoms with van der Waals surface area (Å²) in [5.74, 6) is 0. The van der Waals surface area contributed by atoms with Crippen molar-refractivity contribution in [2.45, 2.75) is 19.9 Å². The second-order valence-electron chi connectivity index (χ2n) is 5.44. The molecule has 0 radical (unpaired) electrons. The lowest BCUT2D eigenvalue weighted by molar-refractivity contribution is 0.542. The number of nitrogens with zero attached hydrogens (tertiary/aromatic N) is 1. The Labute approximate surface area is 118 Å². The fourth-order valence-electron chi connectivity index (χ4n) is 2.69. The normalized spacial score (nSPS) is 12.1. The standard InChI is InChI=1S/C15H13N3O3/c1-7(2)18-14-10(15(20)17-18)6-12-13(16-14)9-4-3-8(19)5-11(9)21-12/h3-7,16H,1-2H3,(H,17,20). The summed E-state index contributed by atoms with van der Waals surface area (Å²) in [7, 11) is 0. The molecule has 0 atom stereocenters. The highest BCUT2D eigenvalue weighted by atomic mass is 16.3. The predicted octanol–water partition coefficient (Wildman–Crippen LogP) is 2.50. The van der Waals surface area contributed by atoms with Crippen LogP contribution in [0.25, 0.3) is 33.1 Å². The van der Waals surface area contributed by atoms with Crippen LogP contribution in [0, 0.1) is 0 Å². The molecule has 0 spiro atoms. The van der Waals surface area contributed by atoms with Gasteiger partial charge in [0.25, 0.3) is 5.56 Å². The SMILES string of the molecule is CC(C)n1[nH]c(=O)c2cc3oc4cc(=O)ccc4c3[nH]c21. The maximum Gasteiger partial charge on any atom is 0.273 e. The lowest BCUT2D eigenvalue weighted by Gasteiger charge is -2.07. The Bertz CT molecular complexity index is 1110. The van der Waals surface area contributed by atoms with E-state index in [0.717, 1.165) is 16.6 Å². The van der Waals surface area contributed by atoms with Gasteiger partial charge in [0.15, 0.2) is 11.0 Å². The van der Waals surface area contributed by atoms with Crippen LogP contribution < -0.4 is 11.0 Å². The van der Waals surface area contributed by atoms with E-state index in [9.17, 15) is 9.59 Å². The molecule has 4 aromatic rings. The monoisotopic (exact) mass is 283 g/mol. The summed E-state index contributed by atoms with van der Waals surface area (Å²) in [6.07, 6.45) is 0. The van der Waals surface area contributed by atoms with Gasteiger partial charge in [0.2, 0.25) is 0 Å². The zero-order valence-electron chi connectivity index (χ0n) is 11.6. The first-order valence-electron chi connectivity index (χ1n) is 6.74. The maximum absolute atomic E-state index is 12.0. The number of fused-ring (bicyclic) bond motifs is 4. The lowest BCUT2D eigenvalue weighted by Crippen LogP contribution is -2.07. The molecule has 2 N–H and O–H groups in total. The van der Waals surface area contributed by atoms with E-state index in [4.69, 9.17) is 4.42 Å². The number of furan rings is 1. The van der Waals surface area contributed by atoms with Gasteiger partial charge >= 0.3 is 0 Å². The van der Waals surface area contributed by atoms with Gasteiger partial charge in [0.05, 0.1) is 10.9 Å². The van der Waals surface area contributed by atoms with E-state index in [1.54, 1.807) is 16.8 Å². The van der Waals surface area contributed by atoms with E-state index < -0.39 is 0 Å². The summed E-state index contributed by atoms with van der Waals surface area (Å²) in [6.45, 7) is 3.98. The fourth-order valence-corrected chi connectivity index (χ4v) is 2.69. The highest BCUT2D eigenvalue weighted by Gasteiger charge is 2.14. The van der Waals surface area contributed by atoms with E-state index >= 15 is 0 Å². The van der Waals surface area contributed by atoms with E-state index in [0.29, 0.717) is 16.6 Å². The molecule has 4 rings (SSSR count). The molecule has 106 valence electrons. The van der Waals surface area contributed by atoms with E-state index in [-0.39, 0.29) is 17.0 Å². The van der Waals surface area contributed by atoms with Crippen molar-refractivity contribution in [2.24, 2.45) is 0 Å². The minimum absolute atomic E-state index is 0.101. The summed E-state index contributed by atoms with van der Waals surface area (Å²) in [5.41, 5.74) is 2.32. The number of rotatable bonds is 1. The molecule has 1 aromatic carbocycles. The number of hydrogen-bond acceptors (Lipinski definition) is 3. The van der Waals surface area contributed by atoms with Crippen molar-refractivity contribution >= 4 is 33.1 Å². The Morgan fingerprint density at radius 1 is 1.10 bits per heavy atom. The van der Waals surface area contributed by atoms with Crippen LogP contribution in [-0.4, -0.2) is 14.8 Å². The largest absolute Gasteiger partial charge is 0.454 e. The molecule has 3 heterocycles. The Morgan fingerprint density at radius 2 is 1.90 bits per heavy atom. The summed E-state index contributed by atoms with van der Waals surface area (Å²) in [4.78, 5) is 26.7. The predicted molar refractivity (Wildman–Crippen MR) is 80.8 cm³/mol. The maximum atomic E-state index is 12.0. The van der Waals surface area contributed by atoms with Gasteiger partial charge in [-0.2, -0.15) is 0 Å².